The van der Waals surface area contributed by atoms with Gasteiger partial charge in [0.2, 0.25) is 0 Å². The fourth-order valence-corrected chi connectivity index (χ4v) is 3.32. The molecule has 0 aliphatic heterocycles. The summed E-state index contributed by atoms with van der Waals surface area (Å²) in [6.45, 7) is 13.2. The molecule has 0 bridgehead atoms. The fraction of sp³-hybridized carbons (Fsp3) is 0.636. The largest absolute Gasteiger partial charge is 0.444 e. The Kier molecular flexibility index (Phi) is 12.7. The first-order valence-electron chi connectivity index (χ1n) is 10.2. The molecule has 9 heteroatoms. The normalized spacial score (nSPS) is 13.1. The minimum absolute atomic E-state index is 0. The van der Waals surface area contributed by atoms with Gasteiger partial charge in [0.15, 0.2) is 5.96 Å². The number of ether oxygens (including phenoxy) is 1. The van der Waals surface area contributed by atoms with Crippen LogP contribution in [-0.2, 0) is 28.6 Å². The van der Waals surface area contributed by atoms with Gasteiger partial charge in [-0.15, -0.1) is 24.0 Å². The van der Waals surface area contributed by atoms with Crippen LogP contribution < -0.4 is 10.6 Å². The Bertz CT molecular complexity index is 741. The van der Waals surface area contributed by atoms with E-state index >= 15 is 0 Å². The number of nitrogens with zero attached hydrogens (tertiary/aromatic N) is 2. The molecule has 0 aromatic heterocycles. The number of nitrogens with one attached hydrogen (secondary N) is 2. The van der Waals surface area contributed by atoms with Gasteiger partial charge in [-0.2, -0.15) is 0 Å². The van der Waals surface area contributed by atoms with Crippen molar-refractivity contribution in [3.63, 3.8) is 0 Å². The second kappa shape index (κ2) is 13.2. The van der Waals surface area contributed by atoms with Crippen molar-refractivity contribution in [2.24, 2.45) is 4.99 Å². The minimum Gasteiger partial charge on any atom is -0.444 e. The second-order valence-electron chi connectivity index (χ2n) is 9.17. The number of amides is 1. The van der Waals surface area contributed by atoms with E-state index in [1.807, 2.05) is 65.8 Å². The van der Waals surface area contributed by atoms with Gasteiger partial charge in [0.1, 0.15) is 5.60 Å². The van der Waals surface area contributed by atoms with Crippen molar-refractivity contribution in [1.29, 1.82) is 0 Å². The molecular weight excluding hydrogens is 527 g/mol. The molecule has 0 saturated heterocycles. The molecule has 0 aliphatic carbocycles. The smallest absolute Gasteiger partial charge is 0.410 e. The first-order valence-corrected chi connectivity index (χ1v) is 11.5. The molecule has 1 aromatic rings. The molecule has 0 fully saturated rings. The molecule has 1 amide bonds. The van der Waals surface area contributed by atoms with E-state index in [1.165, 1.54) is 0 Å². The molecule has 1 aromatic carbocycles. The molecule has 7 nitrogen and oxygen atoms in total. The summed E-state index contributed by atoms with van der Waals surface area (Å²) >= 11 is 0. The van der Waals surface area contributed by atoms with Crippen LogP contribution in [0.25, 0.3) is 0 Å². The number of rotatable bonds is 7. The van der Waals surface area contributed by atoms with Gasteiger partial charge in [-0.05, 0) is 52.7 Å². The Hall–Kier alpha value is -1.36. The zero-order valence-electron chi connectivity index (χ0n) is 20.1. The third kappa shape index (κ3) is 12.3. The number of halogens is 1. The first-order chi connectivity index (χ1) is 13.8. The Morgan fingerprint density at radius 1 is 1.06 bits per heavy atom. The average Bonchev–Trinajstić information content (AvgIpc) is 2.63. The number of guanidine groups is 1. The van der Waals surface area contributed by atoms with Crippen molar-refractivity contribution in [1.82, 2.24) is 15.5 Å². The van der Waals surface area contributed by atoms with Crippen LogP contribution in [0.1, 0.15) is 52.7 Å². The van der Waals surface area contributed by atoms with Gasteiger partial charge in [0.05, 0.1) is 0 Å². The summed E-state index contributed by atoms with van der Waals surface area (Å²) in [7, 11) is 2.55. The maximum absolute atomic E-state index is 12.1. The van der Waals surface area contributed by atoms with Crippen molar-refractivity contribution in [3.8, 4) is 0 Å². The summed E-state index contributed by atoms with van der Waals surface area (Å²) < 4.78 is 17.3. The van der Waals surface area contributed by atoms with Crippen LogP contribution in [-0.4, -0.2) is 57.9 Å². The van der Waals surface area contributed by atoms with Crippen LogP contribution in [0.5, 0.6) is 0 Å². The molecule has 0 radical (unpaired) electrons. The van der Waals surface area contributed by atoms with Crippen LogP contribution >= 0.6 is 24.0 Å². The highest BCUT2D eigenvalue weighted by atomic mass is 127. The van der Waals surface area contributed by atoms with E-state index in [0.29, 0.717) is 31.3 Å². The third-order valence-corrected chi connectivity index (χ3v) is 6.04. The second-order valence-corrected chi connectivity index (χ2v) is 11.5. The van der Waals surface area contributed by atoms with Crippen molar-refractivity contribution in [3.05, 3.63) is 35.4 Å². The van der Waals surface area contributed by atoms with E-state index in [2.05, 4.69) is 15.6 Å². The van der Waals surface area contributed by atoms with E-state index in [0.717, 1.165) is 11.1 Å². The standard InChI is InChI=1S/C22H38N4O3S.HI/c1-21(2,3)29-20(27)26(8)16-18-11-9-17(10-12-18)15-25-19(23-7)24-13-14-30(28)22(4,5)6;/h9-12H,13-16H2,1-8H3,(H2,23,24,25);1H. The fourth-order valence-electron chi connectivity index (χ4n) is 2.42. The maximum Gasteiger partial charge on any atom is 0.410 e. The average molecular weight is 567 g/mol. The SMILES string of the molecule is CN=C(NCCS(=O)C(C)(C)C)NCc1ccc(CN(C)C(=O)OC(C)(C)C)cc1.I. The zero-order chi connectivity index (χ0) is 22.9. The van der Waals surface area contributed by atoms with E-state index < -0.39 is 16.4 Å². The van der Waals surface area contributed by atoms with Crippen LogP contribution in [0.3, 0.4) is 0 Å². The number of benzene rings is 1. The minimum atomic E-state index is -0.895. The van der Waals surface area contributed by atoms with Crippen LogP contribution in [0.15, 0.2) is 29.3 Å². The predicted molar refractivity (Wildman–Crippen MR) is 141 cm³/mol. The van der Waals surface area contributed by atoms with Crippen molar-refractivity contribution < 1.29 is 13.7 Å². The van der Waals surface area contributed by atoms with E-state index in [9.17, 15) is 9.00 Å². The van der Waals surface area contributed by atoms with Crippen LogP contribution in [0, 0.1) is 0 Å². The lowest BCUT2D eigenvalue weighted by Crippen LogP contribution is -2.40. The zero-order valence-corrected chi connectivity index (χ0v) is 23.2. The predicted octanol–water partition coefficient (Wildman–Crippen LogP) is 3.88. The van der Waals surface area contributed by atoms with Crippen molar-refractivity contribution in [2.45, 2.75) is 65.0 Å². The molecule has 0 saturated carbocycles. The number of hydrogen-bond donors (Lipinski definition) is 2. The van der Waals surface area contributed by atoms with Gasteiger partial charge >= 0.3 is 6.09 Å². The molecule has 2 N–H and O–H groups in total. The van der Waals surface area contributed by atoms with Gasteiger partial charge in [-0.25, -0.2) is 4.79 Å². The lowest BCUT2D eigenvalue weighted by atomic mass is 10.1. The van der Waals surface area contributed by atoms with E-state index in [4.69, 9.17) is 4.74 Å². The van der Waals surface area contributed by atoms with Crippen LogP contribution in [0.2, 0.25) is 0 Å². The molecule has 0 spiro atoms. The van der Waals surface area contributed by atoms with Gasteiger partial charge in [0, 0.05) is 55.0 Å². The molecular formula is C22H39IN4O3S. The summed E-state index contributed by atoms with van der Waals surface area (Å²) in [5.41, 5.74) is 1.62. The molecule has 1 atom stereocenters. The number of carbonyl (C=O) groups is 1. The Balaban J connectivity index is 0.00000900. The topological polar surface area (TPSA) is 83.0 Å². The highest BCUT2D eigenvalue weighted by Gasteiger charge is 2.20. The quantitative estimate of drug-likeness (QED) is 0.298. The first kappa shape index (κ1) is 29.6. The highest BCUT2D eigenvalue weighted by molar-refractivity contribution is 14.0. The van der Waals surface area contributed by atoms with Gasteiger partial charge in [0.25, 0.3) is 0 Å². The Morgan fingerprint density at radius 2 is 1.61 bits per heavy atom. The molecule has 0 aliphatic rings. The monoisotopic (exact) mass is 566 g/mol. The highest BCUT2D eigenvalue weighted by Crippen LogP contribution is 2.12. The summed E-state index contributed by atoms with van der Waals surface area (Å²) in [6.07, 6.45) is -0.337. The molecule has 178 valence electrons. The third-order valence-electron chi connectivity index (χ3n) is 4.09. The Morgan fingerprint density at radius 3 is 2.10 bits per heavy atom. The molecule has 0 heterocycles. The molecule has 1 unspecified atom stereocenters. The number of carbonyl (C=O) groups excluding carboxylic acids is 1. The summed E-state index contributed by atoms with van der Waals surface area (Å²) in [5.74, 6) is 1.25. The van der Waals surface area contributed by atoms with E-state index in [1.54, 1.807) is 19.0 Å². The Labute approximate surface area is 207 Å². The number of hydrogen-bond acceptors (Lipinski definition) is 4. The summed E-state index contributed by atoms with van der Waals surface area (Å²) in [5, 5.41) is 6.46. The molecule has 31 heavy (non-hydrogen) atoms. The van der Waals surface area contributed by atoms with Crippen molar-refractivity contribution >= 4 is 46.8 Å². The van der Waals surface area contributed by atoms with Gasteiger partial charge in [-0.3, -0.25) is 9.20 Å². The van der Waals surface area contributed by atoms with E-state index in [-0.39, 0.29) is 34.8 Å². The van der Waals surface area contributed by atoms with Crippen molar-refractivity contribution in [2.75, 3.05) is 26.4 Å². The summed E-state index contributed by atoms with van der Waals surface area (Å²) in [4.78, 5) is 17.8. The lowest BCUT2D eigenvalue weighted by Gasteiger charge is -2.24. The summed E-state index contributed by atoms with van der Waals surface area (Å²) in [6, 6.07) is 8.04. The lowest BCUT2D eigenvalue weighted by molar-refractivity contribution is 0.0285. The maximum atomic E-state index is 12.1. The number of aliphatic imine (C=N–C) groups is 1. The van der Waals surface area contributed by atoms with Gasteiger partial charge < -0.3 is 20.3 Å². The van der Waals surface area contributed by atoms with Gasteiger partial charge in [-0.1, -0.05) is 24.3 Å². The van der Waals surface area contributed by atoms with Crippen LogP contribution in [0.4, 0.5) is 4.79 Å². The molecule has 1 rings (SSSR count).